The average Bonchev–Trinajstić information content (AvgIpc) is 3.04. The van der Waals surface area contributed by atoms with Gasteiger partial charge in [0.15, 0.2) is 0 Å². The third-order valence-electron chi connectivity index (χ3n) is 2.67. The van der Waals surface area contributed by atoms with Gasteiger partial charge in [0.1, 0.15) is 5.75 Å². The third kappa shape index (κ3) is 1.18. The summed E-state index contributed by atoms with van der Waals surface area (Å²) in [6.07, 6.45) is 1.62. The highest BCUT2D eigenvalue weighted by Crippen LogP contribution is 2.52. The quantitative estimate of drug-likeness (QED) is 0.708. The Balaban J connectivity index is 2.01. The number of ether oxygens (including phenoxy) is 2. The Kier molecular flexibility index (Phi) is 1.86. The van der Waals surface area contributed by atoms with Crippen molar-refractivity contribution in [1.82, 2.24) is 0 Å². The lowest BCUT2D eigenvalue weighted by Crippen LogP contribution is -2.01. The smallest absolute Gasteiger partial charge is 0.339 e. The van der Waals surface area contributed by atoms with Gasteiger partial charge in [-0.3, -0.25) is 0 Å². The minimum atomic E-state index is -0.260. The van der Waals surface area contributed by atoms with Gasteiger partial charge in [-0.05, 0) is 13.0 Å². The normalized spacial score (nSPS) is 15.7. The zero-order valence-electron chi connectivity index (χ0n) is 8.82. The summed E-state index contributed by atoms with van der Waals surface area (Å²) in [6.45, 7) is 2.19. The molecule has 3 rings (SSSR count). The molecule has 0 bridgehead atoms. The van der Waals surface area contributed by atoms with Gasteiger partial charge in [0.25, 0.3) is 0 Å². The average molecular weight is 214 g/mol. The summed E-state index contributed by atoms with van der Waals surface area (Å²) in [6, 6.07) is 7.67. The zero-order valence-corrected chi connectivity index (χ0v) is 8.82. The van der Waals surface area contributed by atoms with Crippen molar-refractivity contribution in [3.63, 3.8) is 0 Å². The maximum Gasteiger partial charge on any atom is 0.339 e. The van der Waals surface area contributed by atoms with Crippen LogP contribution in [0.3, 0.4) is 0 Å². The first kappa shape index (κ1) is 9.21. The van der Waals surface area contributed by atoms with Gasteiger partial charge in [-0.25, -0.2) is 4.79 Å². The fourth-order valence-corrected chi connectivity index (χ4v) is 1.91. The molecule has 1 aromatic rings. The van der Waals surface area contributed by atoms with Gasteiger partial charge < -0.3 is 9.47 Å². The van der Waals surface area contributed by atoms with E-state index in [4.69, 9.17) is 9.47 Å². The molecular formula is C13H10O3. The van der Waals surface area contributed by atoms with Gasteiger partial charge in [0, 0.05) is 16.7 Å². The van der Waals surface area contributed by atoms with E-state index in [1.807, 2.05) is 24.3 Å². The molecule has 1 heterocycles. The Hall–Kier alpha value is -2.03. The van der Waals surface area contributed by atoms with E-state index >= 15 is 0 Å². The summed E-state index contributed by atoms with van der Waals surface area (Å²) in [5.41, 5.74) is 3.48. The van der Waals surface area contributed by atoms with Crippen LogP contribution in [0.15, 0.2) is 41.7 Å². The molecule has 0 saturated heterocycles. The monoisotopic (exact) mass is 214 g/mol. The van der Waals surface area contributed by atoms with Crippen molar-refractivity contribution in [3.05, 3.63) is 47.2 Å². The predicted octanol–water partition coefficient (Wildman–Crippen LogP) is 2.29. The second-order valence-corrected chi connectivity index (χ2v) is 3.62. The maximum atomic E-state index is 11.6. The molecule has 0 saturated carbocycles. The summed E-state index contributed by atoms with van der Waals surface area (Å²) in [5.74, 6) is 0.532. The molecule has 80 valence electrons. The van der Waals surface area contributed by atoms with Gasteiger partial charge in [-0.2, -0.15) is 0 Å². The Morgan fingerprint density at radius 1 is 1.38 bits per heavy atom. The first-order chi connectivity index (χ1) is 7.83. The summed E-state index contributed by atoms with van der Waals surface area (Å²) < 4.78 is 10.4. The Labute approximate surface area is 93.0 Å². The van der Waals surface area contributed by atoms with E-state index < -0.39 is 0 Å². The van der Waals surface area contributed by atoms with E-state index in [2.05, 4.69) is 0 Å². The fraction of sp³-hybridized carbons (Fsp3) is 0.154. The third-order valence-corrected chi connectivity index (χ3v) is 2.67. The molecule has 0 aromatic heterocycles. The van der Waals surface area contributed by atoms with Crippen molar-refractivity contribution in [2.24, 2.45) is 0 Å². The molecule has 16 heavy (non-hydrogen) atoms. The highest BCUT2D eigenvalue weighted by atomic mass is 16.5. The van der Waals surface area contributed by atoms with Crippen LogP contribution in [0.4, 0.5) is 0 Å². The highest BCUT2D eigenvalue weighted by molar-refractivity contribution is 6.22. The number of rotatable bonds is 2. The van der Waals surface area contributed by atoms with Crippen molar-refractivity contribution in [2.75, 3.05) is 6.61 Å². The standard InChI is InChI=1S/C13H10O3/c1-2-15-13(14)12-9-7-16-10-6-4-3-5-8(10)11(9)12/h3-7H,2H2,1H3. The number of allylic oxidation sites excluding steroid dienone is 1. The van der Waals surface area contributed by atoms with Gasteiger partial charge in [-0.15, -0.1) is 0 Å². The number of esters is 1. The van der Waals surface area contributed by atoms with Crippen molar-refractivity contribution < 1.29 is 14.3 Å². The van der Waals surface area contributed by atoms with Crippen molar-refractivity contribution in [3.8, 4) is 5.75 Å². The lowest BCUT2D eigenvalue weighted by atomic mass is 10.1. The van der Waals surface area contributed by atoms with Gasteiger partial charge >= 0.3 is 5.97 Å². The van der Waals surface area contributed by atoms with Crippen molar-refractivity contribution >= 4 is 11.5 Å². The van der Waals surface area contributed by atoms with Gasteiger partial charge in [-0.1, -0.05) is 18.2 Å². The molecule has 0 fully saturated rings. The van der Waals surface area contributed by atoms with Crippen LogP contribution in [0.1, 0.15) is 12.5 Å². The Morgan fingerprint density at radius 2 is 2.19 bits per heavy atom. The Morgan fingerprint density at radius 3 is 3.00 bits per heavy atom. The van der Waals surface area contributed by atoms with Crippen LogP contribution in [-0.2, 0) is 9.53 Å². The van der Waals surface area contributed by atoms with E-state index in [0.29, 0.717) is 12.2 Å². The number of carbonyl (C=O) groups is 1. The van der Waals surface area contributed by atoms with Gasteiger partial charge in [0.2, 0.25) is 0 Å². The topological polar surface area (TPSA) is 35.5 Å². The van der Waals surface area contributed by atoms with Gasteiger partial charge in [0.05, 0.1) is 18.4 Å². The molecule has 3 heteroatoms. The largest absolute Gasteiger partial charge is 0.464 e. The van der Waals surface area contributed by atoms with Crippen LogP contribution >= 0.6 is 0 Å². The molecule has 2 aliphatic rings. The molecule has 0 amide bonds. The first-order valence-electron chi connectivity index (χ1n) is 5.21. The molecule has 3 nitrogen and oxygen atoms in total. The highest BCUT2D eigenvalue weighted by Gasteiger charge is 2.41. The second-order valence-electron chi connectivity index (χ2n) is 3.62. The van der Waals surface area contributed by atoms with E-state index in [1.54, 1.807) is 13.2 Å². The van der Waals surface area contributed by atoms with E-state index in [1.165, 1.54) is 0 Å². The molecule has 1 aliphatic heterocycles. The van der Waals surface area contributed by atoms with Crippen LogP contribution in [0.5, 0.6) is 5.75 Å². The molecule has 0 unspecified atom stereocenters. The van der Waals surface area contributed by atoms with Crippen LogP contribution in [0.25, 0.3) is 5.57 Å². The number of fused-ring (bicyclic) bond motifs is 3. The molecular weight excluding hydrogens is 204 g/mol. The van der Waals surface area contributed by atoms with E-state index in [0.717, 1.165) is 22.5 Å². The second kappa shape index (κ2) is 3.23. The first-order valence-corrected chi connectivity index (χ1v) is 5.21. The Bertz CT molecular complexity index is 538. The molecule has 0 radical (unpaired) electrons. The fourth-order valence-electron chi connectivity index (χ4n) is 1.91. The minimum Gasteiger partial charge on any atom is -0.464 e. The zero-order chi connectivity index (χ0) is 11.1. The molecule has 0 atom stereocenters. The number of benzene rings is 1. The summed E-state index contributed by atoms with van der Waals surface area (Å²) in [5, 5.41) is 0. The van der Waals surface area contributed by atoms with Crippen LogP contribution in [0.2, 0.25) is 0 Å². The van der Waals surface area contributed by atoms with E-state index in [9.17, 15) is 4.79 Å². The molecule has 0 spiro atoms. The van der Waals surface area contributed by atoms with Crippen LogP contribution < -0.4 is 4.74 Å². The molecule has 1 aliphatic carbocycles. The predicted molar refractivity (Wildman–Crippen MR) is 58.7 cm³/mol. The van der Waals surface area contributed by atoms with Crippen LogP contribution in [-0.4, -0.2) is 12.6 Å². The van der Waals surface area contributed by atoms with Crippen LogP contribution in [0, 0.1) is 0 Å². The summed E-state index contributed by atoms with van der Waals surface area (Å²) in [7, 11) is 0. The number of carbonyl (C=O) groups excluding carboxylic acids is 1. The molecule has 1 aromatic carbocycles. The summed E-state index contributed by atoms with van der Waals surface area (Å²) in [4.78, 5) is 11.6. The number of para-hydroxylation sites is 1. The lowest BCUT2D eigenvalue weighted by molar-refractivity contribution is -0.137. The maximum absolute atomic E-state index is 11.6. The SMILES string of the molecule is CCOC(=O)C1=C2C1=COc1ccccc12. The summed E-state index contributed by atoms with van der Waals surface area (Å²) >= 11 is 0. The van der Waals surface area contributed by atoms with Crippen molar-refractivity contribution in [1.29, 1.82) is 0 Å². The lowest BCUT2D eigenvalue weighted by Gasteiger charge is -2.08. The minimum absolute atomic E-state index is 0.260. The van der Waals surface area contributed by atoms with E-state index in [-0.39, 0.29) is 5.97 Å². The van der Waals surface area contributed by atoms with Crippen molar-refractivity contribution in [2.45, 2.75) is 6.92 Å². The molecule has 0 N–H and O–H groups in total. The number of hydrogen-bond acceptors (Lipinski definition) is 3. The number of hydrogen-bond donors (Lipinski definition) is 0.